The lowest BCUT2D eigenvalue weighted by Gasteiger charge is -2.17. The summed E-state index contributed by atoms with van der Waals surface area (Å²) < 4.78 is 5.33. The molecule has 0 aliphatic carbocycles. The standard InChI is InChI=1S/C17H15BrN2O6/c18-13-7-6-12(8-15(13)20(24)25)14(9-16(21)22)19-17(23)26-10-11-4-2-1-3-5-11/h1-8,14H,9-10H2,(H,19,23)(H,21,22)/t14-/m0/s1. The smallest absolute Gasteiger partial charge is 0.407 e. The number of ether oxygens (including phenoxy) is 1. The molecule has 2 aromatic carbocycles. The van der Waals surface area contributed by atoms with Gasteiger partial charge in [0.05, 0.1) is 21.9 Å². The van der Waals surface area contributed by atoms with E-state index in [1.807, 2.05) is 6.07 Å². The topological polar surface area (TPSA) is 119 Å². The molecule has 0 radical (unpaired) electrons. The van der Waals surface area contributed by atoms with E-state index < -0.39 is 29.4 Å². The fourth-order valence-corrected chi connectivity index (χ4v) is 2.61. The first-order valence-electron chi connectivity index (χ1n) is 7.49. The number of halogens is 1. The Balaban J connectivity index is 2.12. The van der Waals surface area contributed by atoms with E-state index in [4.69, 9.17) is 9.84 Å². The first-order valence-corrected chi connectivity index (χ1v) is 8.29. The van der Waals surface area contributed by atoms with Gasteiger partial charge in [0.15, 0.2) is 0 Å². The third-order valence-corrected chi connectivity index (χ3v) is 4.12. The maximum atomic E-state index is 12.0. The Hall–Kier alpha value is -2.94. The van der Waals surface area contributed by atoms with Gasteiger partial charge >= 0.3 is 12.1 Å². The molecule has 0 aromatic heterocycles. The lowest BCUT2D eigenvalue weighted by atomic mass is 10.0. The number of carboxylic acid groups (broad SMARTS) is 1. The Morgan fingerprint density at radius 3 is 2.54 bits per heavy atom. The van der Waals surface area contributed by atoms with Crippen LogP contribution in [0.25, 0.3) is 0 Å². The highest BCUT2D eigenvalue weighted by molar-refractivity contribution is 9.10. The van der Waals surface area contributed by atoms with Crippen molar-refractivity contribution in [1.82, 2.24) is 5.32 Å². The quantitative estimate of drug-likeness (QED) is 0.517. The molecule has 2 rings (SSSR count). The van der Waals surface area contributed by atoms with Crippen LogP contribution in [0.15, 0.2) is 53.0 Å². The number of nitro groups is 1. The van der Waals surface area contributed by atoms with Crippen molar-refractivity contribution >= 4 is 33.7 Å². The molecule has 0 unspecified atom stereocenters. The summed E-state index contributed by atoms with van der Waals surface area (Å²) in [5.41, 5.74) is 0.841. The molecule has 2 aromatic rings. The first kappa shape index (κ1) is 19.4. The Morgan fingerprint density at radius 2 is 1.92 bits per heavy atom. The molecule has 0 saturated heterocycles. The molecule has 2 N–H and O–H groups in total. The minimum Gasteiger partial charge on any atom is -0.481 e. The average Bonchev–Trinajstić information content (AvgIpc) is 2.60. The minimum atomic E-state index is -1.16. The van der Waals surface area contributed by atoms with Gasteiger partial charge < -0.3 is 15.2 Å². The lowest BCUT2D eigenvalue weighted by molar-refractivity contribution is -0.385. The van der Waals surface area contributed by atoms with Gasteiger partial charge in [0.25, 0.3) is 5.69 Å². The number of nitrogens with zero attached hydrogens (tertiary/aromatic N) is 1. The van der Waals surface area contributed by atoms with Crippen LogP contribution in [0.4, 0.5) is 10.5 Å². The molecule has 9 heteroatoms. The third-order valence-electron chi connectivity index (χ3n) is 3.45. The Labute approximate surface area is 157 Å². The monoisotopic (exact) mass is 422 g/mol. The summed E-state index contributed by atoms with van der Waals surface area (Å²) in [6.07, 6.45) is -1.26. The average molecular weight is 423 g/mol. The van der Waals surface area contributed by atoms with E-state index in [9.17, 15) is 19.7 Å². The van der Waals surface area contributed by atoms with Crippen molar-refractivity contribution in [3.63, 3.8) is 0 Å². The van der Waals surface area contributed by atoms with Crippen LogP contribution < -0.4 is 5.32 Å². The third kappa shape index (κ3) is 5.55. The Morgan fingerprint density at radius 1 is 1.23 bits per heavy atom. The number of carbonyl (C=O) groups is 2. The Bertz CT molecular complexity index is 812. The number of carboxylic acids is 1. The van der Waals surface area contributed by atoms with Crippen LogP contribution in [0.2, 0.25) is 0 Å². The summed E-state index contributed by atoms with van der Waals surface area (Å²) in [7, 11) is 0. The van der Waals surface area contributed by atoms with Crippen molar-refractivity contribution in [3.05, 3.63) is 74.2 Å². The summed E-state index contributed by atoms with van der Waals surface area (Å²) >= 11 is 3.06. The number of hydrogen-bond donors (Lipinski definition) is 2. The zero-order chi connectivity index (χ0) is 19.1. The fourth-order valence-electron chi connectivity index (χ4n) is 2.22. The highest BCUT2D eigenvalue weighted by Crippen LogP contribution is 2.29. The number of benzene rings is 2. The molecule has 0 saturated carbocycles. The summed E-state index contributed by atoms with van der Waals surface area (Å²) in [5, 5.41) is 22.6. The number of carbonyl (C=O) groups excluding carboxylic acids is 1. The largest absolute Gasteiger partial charge is 0.481 e. The number of alkyl carbamates (subject to hydrolysis) is 1. The van der Waals surface area contributed by atoms with E-state index in [1.165, 1.54) is 18.2 Å². The van der Waals surface area contributed by atoms with Crippen molar-refractivity contribution in [1.29, 1.82) is 0 Å². The van der Waals surface area contributed by atoms with Gasteiger partial charge in [0, 0.05) is 6.07 Å². The fraction of sp³-hybridized carbons (Fsp3) is 0.176. The van der Waals surface area contributed by atoms with Crippen molar-refractivity contribution in [3.8, 4) is 0 Å². The van der Waals surface area contributed by atoms with Crippen LogP contribution in [0, 0.1) is 10.1 Å². The number of hydrogen-bond acceptors (Lipinski definition) is 5. The van der Waals surface area contributed by atoms with Crippen molar-refractivity contribution in [2.45, 2.75) is 19.1 Å². The zero-order valence-corrected chi connectivity index (χ0v) is 15.0. The molecule has 136 valence electrons. The first-order chi connectivity index (χ1) is 12.4. The molecule has 0 heterocycles. The molecule has 0 aliphatic rings. The maximum absolute atomic E-state index is 12.0. The van der Waals surface area contributed by atoms with Gasteiger partial charge in [-0.2, -0.15) is 0 Å². The van der Waals surface area contributed by atoms with Crippen LogP contribution in [0.3, 0.4) is 0 Å². The van der Waals surface area contributed by atoms with Crippen molar-refractivity contribution < 1.29 is 24.4 Å². The zero-order valence-electron chi connectivity index (χ0n) is 13.4. The predicted molar refractivity (Wildman–Crippen MR) is 95.6 cm³/mol. The molecule has 8 nitrogen and oxygen atoms in total. The van der Waals surface area contributed by atoms with E-state index in [2.05, 4.69) is 21.2 Å². The molecule has 26 heavy (non-hydrogen) atoms. The SMILES string of the molecule is O=C(O)C[C@H](NC(=O)OCc1ccccc1)c1ccc(Br)c([N+](=O)[O-])c1. The Kier molecular flexibility index (Phi) is 6.67. The van der Waals surface area contributed by atoms with E-state index in [0.29, 0.717) is 5.56 Å². The number of nitrogens with one attached hydrogen (secondary N) is 1. The van der Waals surface area contributed by atoms with Crippen molar-refractivity contribution in [2.75, 3.05) is 0 Å². The van der Waals surface area contributed by atoms with Gasteiger partial charge in [-0.1, -0.05) is 36.4 Å². The summed E-state index contributed by atoms with van der Waals surface area (Å²) in [5.74, 6) is -1.16. The van der Waals surface area contributed by atoms with Crippen LogP contribution in [0.5, 0.6) is 0 Å². The maximum Gasteiger partial charge on any atom is 0.407 e. The molecular formula is C17H15BrN2O6. The van der Waals surface area contributed by atoms with Gasteiger partial charge in [-0.25, -0.2) is 4.79 Å². The van der Waals surface area contributed by atoms with Crippen LogP contribution >= 0.6 is 15.9 Å². The van der Waals surface area contributed by atoms with Crippen LogP contribution in [-0.4, -0.2) is 22.1 Å². The highest BCUT2D eigenvalue weighted by atomic mass is 79.9. The van der Waals surface area contributed by atoms with Gasteiger partial charge in [-0.15, -0.1) is 0 Å². The van der Waals surface area contributed by atoms with Gasteiger partial charge in [0.2, 0.25) is 0 Å². The summed E-state index contributed by atoms with van der Waals surface area (Å²) in [6, 6.07) is 12.2. The molecule has 1 amide bonds. The van der Waals surface area contributed by atoms with Crippen molar-refractivity contribution in [2.24, 2.45) is 0 Å². The van der Waals surface area contributed by atoms with Gasteiger partial charge in [-0.3, -0.25) is 14.9 Å². The number of amides is 1. The number of aliphatic carboxylic acids is 1. The second-order valence-corrected chi connectivity index (χ2v) is 6.18. The molecule has 1 atom stereocenters. The predicted octanol–water partition coefficient (Wildman–Crippen LogP) is 3.80. The molecule has 0 fully saturated rings. The minimum absolute atomic E-state index is 0.0208. The molecule has 0 spiro atoms. The van der Waals surface area contributed by atoms with E-state index in [-0.39, 0.29) is 16.8 Å². The summed E-state index contributed by atoms with van der Waals surface area (Å²) in [4.78, 5) is 33.5. The van der Waals surface area contributed by atoms with Crippen LogP contribution in [-0.2, 0) is 16.1 Å². The normalized spacial score (nSPS) is 11.4. The molecule has 0 bridgehead atoms. The van der Waals surface area contributed by atoms with Gasteiger partial charge in [-0.05, 0) is 33.1 Å². The molecule has 0 aliphatic heterocycles. The number of rotatable bonds is 7. The number of nitro benzene ring substituents is 1. The molecular weight excluding hydrogens is 408 g/mol. The van der Waals surface area contributed by atoms with Crippen LogP contribution in [0.1, 0.15) is 23.6 Å². The lowest BCUT2D eigenvalue weighted by Crippen LogP contribution is -2.30. The second-order valence-electron chi connectivity index (χ2n) is 5.32. The van der Waals surface area contributed by atoms with Gasteiger partial charge in [0.1, 0.15) is 6.61 Å². The van der Waals surface area contributed by atoms with E-state index >= 15 is 0 Å². The summed E-state index contributed by atoms with van der Waals surface area (Å²) in [6.45, 7) is 0.0208. The second kappa shape index (κ2) is 8.95. The highest BCUT2D eigenvalue weighted by Gasteiger charge is 2.22. The van der Waals surface area contributed by atoms with E-state index in [0.717, 1.165) is 5.56 Å². The van der Waals surface area contributed by atoms with E-state index in [1.54, 1.807) is 24.3 Å².